The summed E-state index contributed by atoms with van der Waals surface area (Å²) in [6.07, 6.45) is 1.00. The summed E-state index contributed by atoms with van der Waals surface area (Å²) in [6.45, 7) is 5.13. The van der Waals surface area contributed by atoms with Crippen LogP contribution in [0.4, 0.5) is 4.39 Å². The van der Waals surface area contributed by atoms with E-state index < -0.39 is 15.8 Å². The van der Waals surface area contributed by atoms with E-state index in [4.69, 9.17) is 5.73 Å². The highest BCUT2D eigenvalue weighted by atomic mass is 32.2. The predicted octanol–water partition coefficient (Wildman–Crippen LogP) is 1.95. The maximum absolute atomic E-state index is 14.0. The van der Waals surface area contributed by atoms with Gasteiger partial charge in [-0.2, -0.15) is 4.31 Å². The van der Waals surface area contributed by atoms with Gasteiger partial charge in [0.1, 0.15) is 10.7 Å². The monoisotopic (exact) mass is 300 g/mol. The fourth-order valence-electron chi connectivity index (χ4n) is 2.82. The van der Waals surface area contributed by atoms with Gasteiger partial charge in [-0.3, -0.25) is 0 Å². The third-order valence-corrected chi connectivity index (χ3v) is 5.55. The summed E-state index contributed by atoms with van der Waals surface area (Å²) < 4.78 is 40.5. The molecule has 0 spiro atoms. The number of nitrogens with zero attached hydrogens (tertiary/aromatic N) is 1. The van der Waals surface area contributed by atoms with Gasteiger partial charge in [0.2, 0.25) is 10.0 Å². The summed E-state index contributed by atoms with van der Waals surface area (Å²) in [5.41, 5.74) is 6.02. The molecule has 0 saturated carbocycles. The molecule has 4 nitrogen and oxygen atoms in total. The zero-order chi connectivity index (χ0) is 14.9. The molecule has 2 unspecified atom stereocenters. The molecule has 0 aliphatic carbocycles. The topological polar surface area (TPSA) is 63.4 Å². The van der Waals surface area contributed by atoms with Crippen molar-refractivity contribution in [2.24, 2.45) is 17.6 Å². The highest BCUT2D eigenvalue weighted by Gasteiger charge is 2.33. The van der Waals surface area contributed by atoms with Gasteiger partial charge in [0.25, 0.3) is 0 Å². The highest BCUT2D eigenvalue weighted by molar-refractivity contribution is 7.89. The van der Waals surface area contributed by atoms with Gasteiger partial charge in [0.05, 0.1) is 0 Å². The van der Waals surface area contributed by atoms with Crippen molar-refractivity contribution in [3.63, 3.8) is 0 Å². The first-order chi connectivity index (χ1) is 9.34. The van der Waals surface area contributed by atoms with Crippen LogP contribution >= 0.6 is 0 Å². The molecule has 20 heavy (non-hydrogen) atoms. The molecule has 0 bridgehead atoms. The Hall–Kier alpha value is -0.980. The van der Waals surface area contributed by atoms with Gasteiger partial charge in [-0.1, -0.05) is 19.9 Å². The van der Waals surface area contributed by atoms with Crippen LogP contribution in [0.15, 0.2) is 23.1 Å². The molecule has 112 valence electrons. The van der Waals surface area contributed by atoms with Crippen molar-refractivity contribution < 1.29 is 12.8 Å². The van der Waals surface area contributed by atoms with Crippen LogP contribution < -0.4 is 5.73 Å². The standard InChI is InChI=1S/C14H21FN2O2S/c1-10-5-11(2)9-17(8-10)20(18,19)14-4-3-12(7-16)6-13(14)15/h3-4,6,10-11H,5,7-9,16H2,1-2H3. The van der Waals surface area contributed by atoms with Crippen molar-refractivity contribution in [3.05, 3.63) is 29.6 Å². The van der Waals surface area contributed by atoms with E-state index >= 15 is 0 Å². The van der Waals surface area contributed by atoms with Gasteiger partial charge in [-0.05, 0) is 36.0 Å². The lowest BCUT2D eigenvalue weighted by Crippen LogP contribution is -2.42. The van der Waals surface area contributed by atoms with Gasteiger partial charge in [-0.15, -0.1) is 0 Å². The van der Waals surface area contributed by atoms with Crippen LogP contribution in [0.3, 0.4) is 0 Å². The average Bonchev–Trinajstić information content (AvgIpc) is 2.37. The molecular weight excluding hydrogens is 279 g/mol. The Kier molecular flexibility index (Phi) is 4.46. The lowest BCUT2D eigenvalue weighted by molar-refractivity contribution is 0.222. The first kappa shape index (κ1) is 15.4. The van der Waals surface area contributed by atoms with E-state index in [0.29, 0.717) is 30.5 Å². The molecule has 0 radical (unpaired) electrons. The molecule has 1 aromatic rings. The van der Waals surface area contributed by atoms with Crippen LogP contribution in [0.25, 0.3) is 0 Å². The summed E-state index contributed by atoms with van der Waals surface area (Å²) in [7, 11) is -3.77. The molecule has 1 aliphatic rings. The van der Waals surface area contributed by atoms with E-state index in [2.05, 4.69) is 0 Å². The molecule has 1 aliphatic heterocycles. The molecule has 2 N–H and O–H groups in total. The van der Waals surface area contributed by atoms with E-state index in [1.165, 1.54) is 16.4 Å². The first-order valence-electron chi connectivity index (χ1n) is 6.83. The van der Waals surface area contributed by atoms with Crippen molar-refractivity contribution in [1.29, 1.82) is 0 Å². The Morgan fingerprint density at radius 2 is 1.90 bits per heavy atom. The van der Waals surface area contributed by atoms with E-state index in [9.17, 15) is 12.8 Å². The van der Waals surface area contributed by atoms with E-state index in [0.717, 1.165) is 6.42 Å². The zero-order valence-corrected chi connectivity index (χ0v) is 12.7. The van der Waals surface area contributed by atoms with Crippen molar-refractivity contribution in [2.45, 2.75) is 31.7 Å². The number of sulfonamides is 1. The second-order valence-corrected chi connectivity index (χ2v) is 7.64. The van der Waals surface area contributed by atoms with Gasteiger partial charge in [0.15, 0.2) is 0 Å². The molecule has 1 aromatic carbocycles. The van der Waals surface area contributed by atoms with Crippen molar-refractivity contribution in [1.82, 2.24) is 4.31 Å². The maximum atomic E-state index is 14.0. The minimum absolute atomic E-state index is 0.190. The zero-order valence-electron chi connectivity index (χ0n) is 11.8. The fourth-order valence-corrected chi connectivity index (χ4v) is 4.55. The minimum Gasteiger partial charge on any atom is -0.326 e. The third-order valence-electron chi connectivity index (χ3n) is 3.69. The molecule has 1 saturated heterocycles. The van der Waals surface area contributed by atoms with Gasteiger partial charge < -0.3 is 5.73 Å². The molecule has 1 fully saturated rings. The average molecular weight is 300 g/mol. The highest BCUT2D eigenvalue weighted by Crippen LogP contribution is 2.28. The SMILES string of the molecule is CC1CC(C)CN(S(=O)(=O)c2ccc(CN)cc2F)C1. The van der Waals surface area contributed by atoms with Crippen LogP contribution in [0.1, 0.15) is 25.8 Å². The number of hydrogen-bond acceptors (Lipinski definition) is 3. The second-order valence-electron chi connectivity index (χ2n) is 5.74. The van der Waals surface area contributed by atoms with Crippen LogP contribution in [-0.4, -0.2) is 25.8 Å². The predicted molar refractivity (Wildman–Crippen MR) is 76.0 cm³/mol. The van der Waals surface area contributed by atoms with E-state index in [1.807, 2.05) is 13.8 Å². The molecule has 1 heterocycles. The normalized spacial score (nSPS) is 24.8. The Balaban J connectivity index is 2.35. The number of rotatable bonds is 3. The Morgan fingerprint density at radius 3 is 2.40 bits per heavy atom. The minimum atomic E-state index is -3.77. The third kappa shape index (κ3) is 3.02. The lowest BCUT2D eigenvalue weighted by Gasteiger charge is -2.34. The van der Waals surface area contributed by atoms with Crippen LogP contribution in [-0.2, 0) is 16.6 Å². The number of hydrogen-bond donors (Lipinski definition) is 1. The summed E-state index contributed by atoms with van der Waals surface area (Å²) in [5, 5.41) is 0. The number of halogens is 1. The summed E-state index contributed by atoms with van der Waals surface area (Å²) in [6, 6.07) is 4.08. The Labute approximate surface area is 119 Å². The Morgan fingerprint density at radius 1 is 1.30 bits per heavy atom. The molecule has 6 heteroatoms. The lowest BCUT2D eigenvalue weighted by atomic mass is 9.94. The van der Waals surface area contributed by atoms with Gasteiger partial charge in [-0.25, -0.2) is 12.8 Å². The molecule has 0 amide bonds. The smallest absolute Gasteiger partial charge is 0.246 e. The molecule has 2 atom stereocenters. The number of benzene rings is 1. The van der Waals surface area contributed by atoms with Crippen LogP contribution in [0, 0.1) is 17.7 Å². The van der Waals surface area contributed by atoms with E-state index in [1.54, 1.807) is 6.07 Å². The number of piperidine rings is 1. The summed E-state index contributed by atoms with van der Waals surface area (Å²) in [4.78, 5) is -0.254. The number of nitrogens with two attached hydrogens (primary N) is 1. The van der Waals surface area contributed by atoms with Gasteiger partial charge >= 0.3 is 0 Å². The summed E-state index contributed by atoms with van der Waals surface area (Å²) >= 11 is 0. The van der Waals surface area contributed by atoms with Crippen molar-refractivity contribution in [3.8, 4) is 0 Å². The molecule has 2 rings (SSSR count). The summed E-state index contributed by atoms with van der Waals surface area (Å²) in [5.74, 6) is -0.140. The van der Waals surface area contributed by atoms with E-state index in [-0.39, 0.29) is 11.4 Å². The second kappa shape index (κ2) is 5.79. The van der Waals surface area contributed by atoms with Crippen LogP contribution in [0.5, 0.6) is 0 Å². The Bertz CT molecular complexity index is 579. The van der Waals surface area contributed by atoms with Crippen molar-refractivity contribution in [2.75, 3.05) is 13.1 Å². The largest absolute Gasteiger partial charge is 0.326 e. The quantitative estimate of drug-likeness (QED) is 0.928. The van der Waals surface area contributed by atoms with Crippen LogP contribution in [0.2, 0.25) is 0 Å². The first-order valence-corrected chi connectivity index (χ1v) is 8.27. The van der Waals surface area contributed by atoms with Crippen molar-refractivity contribution >= 4 is 10.0 Å². The maximum Gasteiger partial charge on any atom is 0.246 e. The van der Waals surface area contributed by atoms with Gasteiger partial charge in [0, 0.05) is 19.6 Å². The molecular formula is C14H21FN2O2S. The molecule has 0 aromatic heterocycles. The fraction of sp³-hybridized carbons (Fsp3) is 0.571.